The van der Waals surface area contributed by atoms with Crippen molar-refractivity contribution in [1.82, 2.24) is 5.32 Å². The number of furan rings is 1. The third-order valence-corrected chi connectivity index (χ3v) is 3.53. The molecule has 2 rings (SSSR count). The molecule has 1 atom stereocenters. The highest BCUT2D eigenvalue weighted by Crippen LogP contribution is 2.25. The van der Waals surface area contributed by atoms with Gasteiger partial charge in [0, 0.05) is 4.90 Å². The van der Waals surface area contributed by atoms with E-state index in [0.717, 1.165) is 11.5 Å². The van der Waals surface area contributed by atoms with E-state index in [2.05, 4.69) is 36.5 Å². The molecule has 0 radical (unpaired) electrons. The van der Waals surface area contributed by atoms with E-state index in [1.807, 2.05) is 30.9 Å². The number of benzene rings is 1. The summed E-state index contributed by atoms with van der Waals surface area (Å²) in [5.41, 5.74) is 1.22. The molecule has 0 spiro atoms. The maximum absolute atomic E-state index is 5.45. The molecule has 2 nitrogen and oxygen atoms in total. The van der Waals surface area contributed by atoms with Crippen molar-refractivity contribution < 1.29 is 4.42 Å². The number of rotatable bonds is 5. The van der Waals surface area contributed by atoms with Crippen LogP contribution in [0.4, 0.5) is 0 Å². The Hall–Kier alpha value is -1.19. The number of hydrogen-bond acceptors (Lipinski definition) is 3. The minimum atomic E-state index is 0.130. The van der Waals surface area contributed by atoms with Crippen LogP contribution < -0.4 is 5.32 Å². The summed E-state index contributed by atoms with van der Waals surface area (Å²) in [6, 6.07) is 12.7. The molecular formula is C14H17NOS. The van der Waals surface area contributed by atoms with Crippen LogP contribution in [0.3, 0.4) is 0 Å². The molecule has 1 aromatic heterocycles. The lowest BCUT2D eigenvalue weighted by Gasteiger charge is -2.14. The van der Waals surface area contributed by atoms with Crippen molar-refractivity contribution in [2.45, 2.75) is 17.9 Å². The van der Waals surface area contributed by atoms with Crippen molar-refractivity contribution in [3.8, 4) is 0 Å². The number of nitrogens with one attached hydrogen (secondary N) is 1. The molecule has 2 aromatic rings. The highest BCUT2D eigenvalue weighted by molar-refractivity contribution is 7.99. The van der Waals surface area contributed by atoms with Gasteiger partial charge < -0.3 is 9.73 Å². The van der Waals surface area contributed by atoms with E-state index in [4.69, 9.17) is 4.42 Å². The predicted molar refractivity (Wildman–Crippen MR) is 72.5 cm³/mol. The van der Waals surface area contributed by atoms with Crippen LogP contribution in [0, 0.1) is 0 Å². The molecule has 0 bridgehead atoms. The molecular weight excluding hydrogens is 230 g/mol. The first-order valence-electron chi connectivity index (χ1n) is 5.78. The Morgan fingerprint density at radius 1 is 1.24 bits per heavy atom. The standard InChI is InChI=1S/C14H17NOS/c1-3-17-12-8-6-11(7-9-12)14(15-2)13-5-4-10-16-13/h4-10,14-15H,3H2,1-2H3. The molecule has 1 aromatic carbocycles. The van der Waals surface area contributed by atoms with Gasteiger partial charge in [0.1, 0.15) is 5.76 Å². The third kappa shape index (κ3) is 2.93. The van der Waals surface area contributed by atoms with E-state index in [9.17, 15) is 0 Å². The summed E-state index contributed by atoms with van der Waals surface area (Å²) in [7, 11) is 1.95. The van der Waals surface area contributed by atoms with Gasteiger partial charge >= 0.3 is 0 Å². The zero-order valence-electron chi connectivity index (χ0n) is 10.1. The van der Waals surface area contributed by atoms with Crippen LogP contribution in [0.25, 0.3) is 0 Å². The summed E-state index contributed by atoms with van der Waals surface area (Å²) in [5, 5.41) is 3.27. The second-order valence-corrected chi connectivity index (χ2v) is 5.08. The van der Waals surface area contributed by atoms with Gasteiger partial charge in [-0.05, 0) is 42.6 Å². The van der Waals surface area contributed by atoms with Crippen LogP contribution >= 0.6 is 11.8 Å². The van der Waals surface area contributed by atoms with Gasteiger partial charge in [-0.2, -0.15) is 0 Å². The molecule has 3 heteroatoms. The van der Waals surface area contributed by atoms with E-state index in [1.54, 1.807) is 6.26 Å². The molecule has 0 aliphatic carbocycles. The smallest absolute Gasteiger partial charge is 0.125 e. The summed E-state index contributed by atoms with van der Waals surface area (Å²) in [4.78, 5) is 1.31. The Labute approximate surface area is 106 Å². The maximum Gasteiger partial charge on any atom is 0.125 e. The lowest BCUT2D eigenvalue weighted by atomic mass is 10.1. The molecule has 1 N–H and O–H groups in total. The fraction of sp³-hybridized carbons (Fsp3) is 0.286. The Morgan fingerprint density at radius 2 is 2.00 bits per heavy atom. The van der Waals surface area contributed by atoms with Crippen LogP contribution in [-0.2, 0) is 0 Å². The van der Waals surface area contributed by atoms with Crippen LogP contribution in [-0.4, -0.2) is 12.8 Å². The summed E-state index contributed by atoms with van der Waals surface area (Å²) >= 11 is 1.86. The fourth-order valence-electron chi connectivity index (χ4n) is 1.85. The molecule has 0 saturated heterocycles. The van der Waals surface area contributed by atoms with Gasteiger partial charge in [0.05, 0.1) is 12.3 Å². The molecule has 0 aliphatic heterocycles. The first-order valence-corrected chi connectivity index (χ1v) is 6.77. The van der Waals surface area contributed by atoms with E-state index in [0.29, 0.717) is 0 Å². The first kappa shape index (κ1) is 12.3. The minimum Gasteiger partial charge on any atom is -0.467 e. The number of thioether (sulfide) groups is 1. The zero-order chi connectivity index (χ0) is 12.1. The monoisotopic (exact) mass is 247 g/mol. The highest BCUT2D eigenvalue weighted by Gasteiger charge is 2.13. The highest BCUT2D eigenvalue weighted by atomic mass is 32.2. The van der Waals surface area contributed by atoms with E-state index in [1.165, 1.54) is 10.5 Å². The lowest BCUT2D eigenvalue weighted by Crippen LogP contribution is -2.16. The lowest BCUT2D eigenvalue weighted by molar-refractivity contribution is 0.463. The normalized spacial score (nSPS) is 12.6. The van der Waals surface area contributed by atoms with Crippen molar-refractivity contribution in [2.24, 2.45) is 0 Å². The number of hydrogen-bond donors (Lipinski definition) is 1. The van der Waals surface area contributed by atoms with Gasteiger partial charge in [-0.25, -0.2) is 0 Å². The average molecular weight is 247 g/mol. The van der Waals surface area contributed by atoms with Gasteiger partial charge in [0.2, 0.25) is 0 Å². The average Bonchev–Trinajstić information content (AvgIpc) is 2.86. The quantitative estimate of drug-likeness (QED) is 0.816. The molecule has 17 heavy (non-hydrogen) atoms. The van der Waals surface area contributed by atoms with E-state index in [-0.39, 0.29) is 6.04 Å². The first-order chi connectivity index (χ1) is 8.35. The Bertz CT molecular complexity index is 436. The van der Waals surface area contributed by atoms with Gasteiger partial charge in [-0.15, -0.1) is 11.8 Å². The van der Waals surface area contributed by atoms with Crippen molar-refractivity contribution >= 4 is 11.8 Å². The van der Waals surface area contributed by atoms with Crippen molar-refractivity contribution in [2.75, 3.05) is 12.8 Å². The molecule has 0 saturated carbocycles. The van der Waals surface area contributed by atoms with Crippen LogP contribution in [0.5, 0.6) is 0 Å². The largest absolute Gasteiger partial charge is 0.467 e. The van der Waals surface area contributed by atoms with Gasteiger partial charge in [-0.3, -0.25) is 0 Å². The Kier molecular flexibility index (Phi) is 4.29. The summed E-state index contributed by atoms with van der Waals surface area (Å²) in [6.07, 6.45) is 1.71. The summed E-state index contributed by atoms with van der Waals surface area (Å²) in [6.45, 7) is 2.16. The molecule has 0 amide bonds. The zero-order valence-corrected chi connectivity index (χ0v) is 11.0. The maximum atomic E-state index is 5.45. The van der Waals surface area contributed by atoms with E-state index >= 15 is 0 Å². The minimum absolute atomic E-state index is 0.130. The second kappa shape index (κ2) is 5.94. The molecule has 0 fully saturated rings. The van der Waals surface area contributed by atoms with Crippen molar-refractivity contribution in [3.05, 3.63) is 54.0 Å². The van der Waals surface area contributed by atoms with Crippen LogP contribution in [0.15, 0.2) is 52.0 Å². The summed E-state index contributed by atoms with van der Waals surface area (Å²) < 4.78 is 5.45. The van der Waals surface area contributed by atoms with Crippen LogP contribution in [0.2, 0.25) is 0 Å². The van der Waals surface area contributed by atoms with Gasteiger partial charge in [-0.1, -0.05) is 19.1 Å². The van der Waals surface area contributed by atoms with Gasteiger partial charge in [0.15, 0.2) is 0 Å². The summed E-state index contributed by atoms with van der Waals surface area (Å²) in [5.74, 6) is 2.05. The molecule has 1 heterocycles. The molecule has 0 aliphatic rings. The third-order valence-electron chi connectivity index (χ3n) is 2.64. The molecule has 1 unspecified atom stereocenters. The molecule has 90 valence electrons. The van der Waals surface area contributed by atoms with Crippen molar-refractivity contribution in [3.63, 3.8) is 0 Å². The predicted octanol–water partition coefficient (Wildman–Crippen LogP) is 3.70. The fourth-order valence-corrected chi connectivity index (χ4v) is 2.51. The Morgan fingerprint density at radius 3 is 2.53 bits per heavy atom. The topological polar surface area (TPSA) is 25.2 Å². The Balaban J connectivity index is 2.20. The van der Waals surface area contributed by atoms with Crippen LogP contribution in [0.1, 0.15) is 24.3 Å². The van der Waals surface area contributed by atoms with Crippen molar-refractivity contribution in [1.29, 1.82) is 0 Å². The van der Waals surface area contributed by atoms with E-state index < -0.39 is 0 Å². The van der Waals surface area contributed by atoms with Gasteiger partial charge in [0.25, 0.3) is 0 Å². The SMILES string of the molecule is CCSc1ccc(C(NC)c2ccco2)cc1. The second-order valence-electron chi connectivity index (χ2n) is 3.74.